The van der Waals surface area contributed by atoms with E-state index in [-0.39, 0.29) is 31.7 Å². The second-order valence-electron chi connectivity index (χ2n) is 13.0. The Morgan fingerprint density at radius 2 is 1.13 bits per heavy atom. The number of nitrogens with one attached hydrogen (secondary N) is 5. The molecule has 0 radical (unpaired) electrons. The number of rotatable bonds is 24. The van der Waals surface area contributed by atoms with Gasteiger partial charge in [-0.3, -0.25) is 28.8 Å². The third-order valence-corrected chi connectivity index (χ3v) is 8.41. The zero-order valence-electron chi connectivity index (χ0n) is 31.8. The molecule has 2 aromatic carbocycles. The van der Waals surface area contributed by atoms with Crippen LogP contribution in [-0.2, 0) is 35.1 Å². The van der Waals surface area contributed by atoms with Gasteiger partial charge in [0.25, 0.3) is 5.91 Å². The van der Waals surface area contributed by atoms with Crippen molar-refractivity contribution in [2.24, 2.45) is 17.2 Å². The number of hydrogen-bond donors (Lipinski definition) is 8. The summed E-state index contributed by atoms with van der Waals surface area (Å²) in [7, 11) is 0. The Hall–Kier alpha value is -4.70. The van der Waals surface area contributed by atoms with Gasteiger partial charge in [-0.25, -0.2) is 0 Å². The van der Waals surface area contributed by atoms with E-state index in [0.29, 0.717) is 50.9 Å². The van der Waals surface area contributed by atoms with Gasteiger partial charge in [0.05, 0.1) is 26.2 Å². The molecule has 3 atom stereocenters. The van der Waals surface area contributed by atoms with Gasteiger partial charge in [-0.05, 0) is 99.8 Å². The van der Waals surface area contributed by atoms with Crippen molar-refractivity contribution in [3.05, 3.63) is 59.7 Å². The number of carbonyl (C=O) groups excluding carboxylic acids is 6. The van der Waals surface area contributed by atoms with E-state index < -0.39 is 54.3 Å². The largest absolute Gasteiger partial charge is 0.365 e. The number of hydrogen-bond acceptors (Lipinski definition) is 10. The molecule has 5 amide bonds. The van der Waals surface area contributed by atoms with Crippen molar-refractivity contribution in [2.45, 2.75) is 89.8 Å². The zero-order valence-corrected chi connectivity index (χ0v) is 31.8. The molecule has 11 N–H and O–H groups in total. The van der Waals surface area contributed by atoms with Gasteiger partial charge in [0.1, 0.15) is 18.2 Å². The van der Waals surface area contributed by atoms with E-state index in [0.717, 1.165) is 36.9 Å². The second kappa shape index (κ2) is 26.1. The normalized spacial score (nSPS) is 14.0. The second-order valence-corrected chi connectivity index (χ2v) is 13.0. The molecule has 15 nitrogen and oxygen atoms in total. The lowest BCUT2D eigenvalue weighted by molar-refractivity contribution is -0.132. The fraction of sp³-hybridized carbons (Fsp3) is 0.538. The highest BCUT2D eigenvalue weighted by atomic mass is 16.6. The van der Waals surface area contributed by atoms with E-state index in [1.807, 2.05) is 19.1 Å². The third-order valence-electron chi connectivity index (χ3n) is 8.41. The molecule has 1 heterocycles. The molecule has 0 aromatic heterocycles. The van der Waals surface area contributed by atoms with E-state index in [2.05, 4.69) is 57.8 Å². The van der Waals surface area contributed by atoms with E-state index >= 15 is 0 Å². The molecule has 0 saturated carbocycles. The van der Waals surface area contributed by atoms with Crippen LogP contribution in [0.1, 0.15) is 81.1 Å². The van der Waals surface area contributed by atoms with Gasteiger partial charge in [0, 0.05) is 5.56 Å². The van der Waals surface area contributed by atoms with E-state index in [1.165, 1.54) is 5.56 Å². The van der Waals surface area contributed by atoms with Gasteiger partial charge < -0.3 is 48.5 Å². The topological polar surface area (TPSA) is 253 Å². The minimum Gasteiger partial charge on any atom is -0.365 e. The SMILES string of the molecule is CCCCc1ccc(-c2ccc(C(=O)NCC(=O)NC(CCCCN)C(=O)NCC(=O)NC(CCCCN)C(=O)NCC(=O)C3CO3)cc2)cc1.CCN. The van der Waals surface area contributed by atoms with Gasteiger partial charge in [0.2, 0.25) is 23.6 Å². The average molecular weight is 753 g/mol. The maximum absolute atomic E-state index is 13.1. The first-order chi connectivity index (χ1) is 26.1. The highest BCUT2D eigenvalue weighted by Crippen LogP contribution is 2.21. The van der Waals surface area contributed by atoms with Crippen molar-refractivity contribution >= 4 is 35.3 Å². The van der Waals surface area contributed by atoms with Crippen LogP contribution in [0.2, 0.25) is 0 Å². The quantitative estimate of drug-likeness (QED) is 0.0554. The first-order valence-corrected chi connectivity index (χ1v) is 18.9. The molecule has 3 rings (SSSR count). The number of benzene rings is 2. The molecular weight excluding hydrogens is 692 g/mol. The lowest BCUT2D eigenvalue weighted by atomic mass is 10.0. The van der Waals surface area contributed by atoms with E-state index in [4.69, 9.17) is 21.9 Å². The van der Waals surface area contributed by atoms with Gasteiger partial charge >= 0.3 is 0 Å². The van der Waals surface area contributed by atoms with E-state index in [9.17, 15) is 28.8 Å². The van der Waals surface area contributed by atoms with Crippen molar-refractivity contribution in [2.75, 3.05) is 45.9 Å². The van der Waals surface area contributed by atoms with Crippen LogP contribution in [-0.4, -0.2) is 99.4 Å². The van der Waals surface area contributed by atoms with Gasteiger partial charge in [-0.2, -0.15) is 0 Å². The predicted molar refractivity (Wildman–Crippen MR) is 208 cm³/mol. The minimum absolute atomic E-state index is 0.214. The molecule has 1 aliphatic heterocycles. The van der Waals surface area contributed by atoms with Crippen LogP contribution in [0.15, 0.2) is 48.5 Å². The van der Waals surface area contributed by atoms with Crippen molar-refractivity contribution < 1.29 is 33.5 Å². The fourth-order valence-corrected chi connectivity index (χ4v) is 5.27. The fourth-order valence-electron chi connectivity index (χ4n) is 5.27. The molecule has 0 aliphatic carbocycles. The van der Waals surface area contributed by atoms with Gasteiger partial charge in [0.15, 0.2) is 5.78 Å². The lowest BCUT2D eigenvalue weighted by Gasteiger charge is -2.20. The number of amides is 5. The van der Waals surface area contributed by atoms with Gasteiger partial charge in [-0.1, -0.05) is 56.7 Å². The monoisotopic (exact) mass is 752 g/mol. The number of carbonyl (C=O) groups is 6. The van der Waals surface area contributed by atoms with Crippen molar-refractivity contribution in [1.29, 1.82) is 0 Å². The number of nitrogens with two attached hydrogens (primary N) is 3. The molecule has 1 aliphatic rings. The molecule has 1 saturated heterocycles. The summed E-state index contributed by atoms with van der Waals surface area (Å²) in [5.74, 6) is -3.03. The van der Waals surface area contributed by atoms with Crippen molar-refractivity contribution in [1.82, 2.24) is 26.6 Å². The van der Waals surface area contributed by atoms with Crippen LogP contribution < -0.4 is 43.8 Å². The summed E-state index contributed by atoms with van der Waals surface area (Å²) >= 11 is 0. The van der Waals surface area contributed by atoms with Crippen molar-refractivity contribution in [3.63, 3.8) is 0 Å². The van der Waals surface area contributed by atoms with Crippen LogP contribution in [0, 0.1) is 0 Å². The molecule has 298 valence electrons. The minimum atomic E-state index is -0.985. The molecular formula is C39H60N8O7. The molecule has 1 fully saturated rings. The maximum Gasteiger partial charge on any atom is 0.251 e. The van der Waals surface area contributed by atoms with E-state index in [1.54, 1.807) is 12.1 Å². The van der Waals surface area contributed by atoms with Crippen LogP contribution in [0.25, 0.3) is 11.1 Å². The number of unbranched alkanes of at least 4 members (excludes halogenated alkanes) is 3. The molecule has 2 aromatic rings. The Morgan fingerprint density at radius 1 is 0.667 bits per heavy atom. The molecule has 15 heteroatoms. The Bertz CT molecular complexity index is 1470. The Labute approximate surface area is 318 Å². The van der Waals surface area contributed by atoms with Crippen LogP contribution >= 0.6 is 0 Å². The third kappa shape index (κ3) is 17.9. The molecule has 0 bridgehead atoms. The summed E-state index contributed by atoms with van der Waals surface area (Å²) in [5.41, 5.74) is 19.7. The molecule has 3 unspecified atom stereocenters. The molecule has 54 heavy (non-hydrogen) atoms. The molecule has 0 spiro atoms. The predicted octanol–water partition coefficient (Wildman–Crippen LogP) is 0.819. The summed E-state index contributed by atoms with van der Waals surface area (Å²) in [6.07, 6.45) is 5.73. The Balaban J connectivity index is 0.00000325. The number of aryl methyl sites for hydroxylation is 1. The number of ether oxygens (including phenoxy) is 1. The maximum atomic E-state index is 13.1. The smallest absolute Gasteiger partial charge is 0.251 e. The Kier molecular flexibility index (Phi) is 22.0. The summed E-state index contributed by atoms with van der Waals surface area (Å²) in [5, 5.41) is 12.9. The number of ketones is 1. The van der Waals surface area contributed by atoms with Gasteiger partial charge in [-0.15, -0.1) is 0 Å². The summed E-state index contributed by atoms with van der Waals surface area (Å²) in [6.45, 7) is 4.93. The standard InChI is InChI=1S/C37H53N7O7.C2H7N/c1-2-3-8-25-11-13-26(14-12-25)27-15-17-28(18-16-27)35(48)41-22-33(46)44-30(10-5-7-20-39)37(50)42-23-34(47)43-29(9-4-6-19-38)36(49)40-21-31(45)32-24-51-32;1-2-3/h11-18,29-30,32H,2-10,19-24,38-39H2,1H3,(H,40,49)(H,41,48)(H,42,50)(H,43,47)(H,44,46);2-3H2,1H3. The zero-order chi connectivity index (χ0) is 39.7. The van der Waals surface area contributed by atoms with Crippen LogP contribution in [0.5, 0.6) is 0 Å². The lowest BCUT2D eigenvalue weighted by Crippen LogP contribution is -2.53. The highest BCUT2D eigenvalue weighted by Gasteiger charge is 2.31. The number of Topliss-reactive ketones (excluding diaryl/α,β-unsaturated/α-hetero) is 1. The van der Waals surface area contributed by atoms with Crippen LogP contribution in [0.3, 0.4) is 0 Å². The number of epoxide rings is 1. The van der Waals surface area contributed by atoms with Crippen molar-refractivity contribution in [3.8, 4) is 11.1 Å². The first-order valence-electron chi connectivity index (χ1n) is 18.9. The summed E-state index contributed by atoms with van der Waals surface area (Å²) in [4.78, 5) is 76.0. The highest BCUT2D eigenvalue weighted by molar-refractivity contribution is 5.98. The summed E-state index contributed by atoms with van der Waals surface area (Å²) in [6, 6.07) is 13.5. The van der Waals surface area contributed by atoms with Crippen LogP contribution in [0.4, 0.5) is 0 Å². The average Bonchev–Trinajstić information content (AvgIpc) is 4.03. The summed E-state index contributed by atoms with van der Waals surface area (Å²) < 4.78 is 4.93. The first kappa shape index (κ1) is 45.5. The Morgan fingerprint density at radius 3 is 1.59 bits per heavy atom.